The molecule has 2 aliphatic heterocycles. The number of benzene rings is 1. The molecule has 0 saturated carbocycles. The van der Waals surface area contributed by atoms with Crippen LogP contribution in [0.3, 0.4) is 0 Å². The number of piperidine rings is 1. The number of amides is 2. The molecule has 2 atom stereocenters. The van der Waals surface area contributed by atoms with Crippen LogP contribution in [-0.2, 0) is 20.9 Å². The summed E-state index contributed by atoms with van der Waals surface area (Å²) in [5, 5.41) is 0. The van der Waals surface area contributed by atoms with E-state index in [4.69, 9.17) is 4.74 Å². The number of nitrogens with zero attached hydrogens (tertiary/aromatic N) is 2. The molecular weight excluding hydrogens is 284 g/mol. The number of likely N-dealkylation sites (tertiary alicyclic amines) is 1. The molecule has 22 heavy (non-hydrogen) atoms. The van der Waals surface area contributed by atoms with Gasteiger partial charge in [0.15, 0.2) is 0 Å². The first-order valence-corrected chi connectivity index (χ1v) is 7.31. The normalized spacial score (nSPS) is 24.4. The average Bonchev–Trinajstić information content (AvgIpc) is 2.52. The van der Waals surface area contributed by atoms with Gasteiger partial charge in [0, 0.05) is 25.9 Å². The van der Waals surface area contributed by atoms with Gasteiger partial charge in [0.25, 0.3) is 0 Å². The van der Waals surface area contributed by atoms with Crippen LogP contribution in [0.5, 0.6) is 0 Å². The lowest BCUT2D eigenvalue weighted by molar-refractivity contribution is -0.151. The van der Waals surface area contributed by atoms with Crippen molar-refractivity contribution in [3.63, 3.8) is 0 Å². The van der Waals surface area contributed by atoms with E-state index in [1.54, 1.807) is 4.90 Å². The van der Waals surface area contributed by atoms with Crippen molar-refractivity contribution >= 4 is 17.8 Å². The summed E-state index contributed by atoms with van der Waals surface area (Å²) in [4.78, 5) is 39.5. The quantitative estimate of drug-likeness (QED) is 0.823. The van der Waals surface area contributed by atoms with Crippen molar-refractivity contribution in [2.24, 2.45) is 0 Å². The van der Waals surface area contributed by atoms with Crippen LogP contribution in [0.25, 0.3) is 0 Å². The molecule has 116 valence electrons. The van der Waals surface area contributed by atoms with Crippen molar-refractivity contribution in [1.29, 1.82) is 0 Å². The molecule has 2 bridgehead atoms. The Morgan fingerprint density at radius 3 is 2.64 bits per heavy atom. The van der Waals surface area contributed by atoms with E-state index in [-0.39, 0.29) is 30.6 Å². The number of ether oxygens (including phenoxy) is 1. The van der Waals surface area contributed by atoms with E-state index < -0.39 is 12.1 Å². The summed E-state index contributed by atoms with van der Waals surface area (Å²) in [6.45, 7) is 0.862. The van der Waals surface area contributed by atoms with Crippen LogP contribution >= 0.6 is 0 Å². The van der Waals surface area contributed by atoms with Crippen LogP contribution < -0.4 is 0 Å². The second kappa shape index (κ2) is 5.79. The van der Waals surface area contributed by atoms with E-state index in [2.05, 4.69) is 0 Å². The average molecular weight is 302 g/mol. The fraction of sp³-hybridized carbons (Fsp3) is 0.438. The molecule has 0 N–H and O–H groups in total. The van der Waals surface area contributed by atoms with Gasteiger partial charge in [-0.1, -0.05) is 30.3 Å². The van der Waals surface area contributed by atoms with Crippen LogP contribution in [0.15, 0.2) is 30.3 Å². The zero-order valence-corrected chi connectivity index (χ0v) is 12.4. The van der Waals surface area contributed by atoms with E-state index in [9.17, 15) is 14.4 Å². The minimum absolute atomic E-state index is 0.0304. The molecule has 0 radical (unpaired) electrons. The van der Waals surface area contributed by atoms with Crippen LogP contribution in [0.2, 0.25) is 0 Å². The highest BCUT2D eigenvalue weighted by Gasteiger charge is 2.48. The maximum absolute atomic E-state index is 12.6. The van der Waals surface area contributed by atoms with Crippen molar-refractivity contribution in [3.8, 4) is 0 Å². The molecule has 0 aromatic heterocycles. The molecule has 2 aliphatic rings. The van der Waals surface area contributed by atoms with Crippen molar-refractivity contribution in [1.82, 2.24) is 9.80 Å². The van der Waals surface area contributed by atoms with E-state index in [0.29, 0.717) is 13.1 Å². The van der Waals surface area contributed by atoms with Gasteiger partial charge in [-0.05, 0) is 5.56 Å². The first-order chi connectivity index (χ1) is 10.6. The number of hydrogen-bond acceptors (Lipinski definition) is 4. The van der Waals surface area contributed by atoms with Gasteiger partial charge in [-0.25, -0.2) is 4.79 Å². The summed E-state index contributed by atoms with van der Waals surface area (Å²) < 4.78 is 4.77. The molecule has 3 rings (SSSR count). The Balaban J connectivity index is 1.82. The summed E-state index contributed by atoms with van der Waals surface area (Å²) in [7, 11) is 1.29. The molecule has 2 heterocycles. The molecule has 6 heteroatoms. The standard InChI is InChI=1S/C16H18N2O4/c1-22-16(21)18-12-7-13(19)8-14(18)15(20)17(10-12)9-11-5-3-2-4-6-11/h2-6,12,14H,7-10H2,1H3/t12-,14+/m1/s1. The molecule has 6 nitrogen and oxygen atoms in total. The number of hydrogen-bond donors (Lipinski definition) is 0. The van der Waals surface area contributed by atoms with E-state index in [0.717, 1.165) is 5.56 Å². The first kappa shape index (κ1) is 14.6. The molecule has 2 fully saturated rings. The zero-order chi connectivity index (χ0) is 15.7. The summed E-state index contributed by atoms with van der Waals surface area (Å²) in [5.41, 5.74) is 1.03. The van der Waals surface area contributed by atoms with Crippen molar-refractivity contribution in [3.05, 3.63) is 35.9 Å². The monoisotopic (exact) mass is 302 g/mol. The second-order valence-electron chi connectivity index (χ2n) is 5.70. The number of Topliss-reactive ketones (excluding diaryl/α,β-unsaturated/α-hetero) is 1. The summed E-state index contributed by atoms with van der Waals surface area (Å²) in [6.07, 6.45) is -0.171. The van der Waals surface area contributed by atoms with Crippen LogP contribution in [0, 0.1) is 0 Å². The number of fused-ring (bicyclic) bond motifs is 2. The Bertz CT molecular complexity index is 601. The molecule has 0 unspecified atom stereocenters. The minimum atomic E-state index is -0.726. The van der Waals surface area contributed by atoms with Gasteiger partial charge in [0.2, 0.25) is 5.91 Å². The number of carbonyl (C=O) groups excluding carboxylic acids is 3. The second-order valence-corrected chi connectivity index (χ2v) is 5.70. The summed E-state index contributed by atoms with van der Waals surface area (Å²) >= 11 is 0. The predicted molar refractivity (Wildman–Crippen MR) is 77.9 cm³/mol. The van der Waals surface area contributed by atoms with Gasteiger partial charge >= 0.3 is 6.09 Å². The number of methoxy groups -OCH3 is 1. The lowest BCUT2D eigenvalue weighted by atomic mass is 9.90. The molecule has 1 aromatic carbocycles. The third-order valence-corrected chi connectivity index (χ3v) is 4.24. The Morgan fingerprint density at radius 2 is 1.95 bits per heavy atom. The van der Waals surface area contributed by atoms with Gasteiger partial charge in [-0.3, -0.25) is 14.5 Å². The Labute approximate surface area is 128 Å². The van der Waals surface area contributed by atoms with E-state index in [1.807, 2.05) is 30.3 Å². The molecule has 0 aliphatic carbocycles. The van der Waals surface area contributed by atoms with Gasteiger partial charge in [0.1, 0.15) is 11.8 Å². The molecule has 0 spiro atoms. The number of carbonyl (C=O) groups is 3. The van der Waals surface area contributed by atoms with Gasteiger partial charge < -0.3 is 9.64 Å². The Morgan fingerprint density at radius 1 is 1.23 bits per heavy atom. The fourth-order valence-electron chi connectivity index (χ4n) is 3.25. The number of ketones is 1. The Hall–Kier alpha value is -2.37. The van der Waals surface area contributed by atoms with Crippen molar-refractivity contribution in [2.45, 2.75) is 31.5 Å². The minimum Gasteiger partial charge on any atom is -0.453 e. The molecule has 2 saturated heterocycles. The highest BCUT2D eigenvalue weighted by atomic mass is 16.5. The third-order valence-electron chi connectivity index (χ3n) is 4.24. The largest absolute Gasteiger partial charge is 0.453 e. The van der Waals surface area contributed by atoms with Gasteiger partial charge in [-0.15, -0.1) is 0 Å². The lowest BCUT2D eigenvalue weighted by Gasteiger charge is -2.47. The maximum Gasteiger partial charge on any atom is 0.410 e. The SMILES string of the molecule is COC(=O)N1[C@@H]2CC(=O)C[C@H]1C(=O)N(Cc1ccccc1)C2. The number of rotatable bonds is 2. The topological polar surface area (TPSA) is 66.9 Å². The van der Waals surface area contributed by atoms with Crippen LogP contribution in [0.4, 0.5) is 4.79 Å². The van der Waals surface area contributed by atoms with Gasteiger partial charge in [0.05, 0.1) is 13.2 Å². The van der Waals surface area contributed by atoms with Crippen molar-refractivity contribution < 1.29 is 19.1 Å². The van der Waals surface area contributed by atoms with Crippen LogP contribution in [-0.4, -0.2) is 53.3 Å². The highest BCUT2D eigenvalue weighted by molar-refractivity contribution is 5.95. The molecule has 1 aromatic rings. The van der Waals surface area contributed by atoms with Crippen molar-refractivity contribution in [2.75, 3.05) is 13.7 Å². The van der Waals surface area contributed by atoms with Gasteiger partial charge in [-0.2, -0.15) is 0 Å². The Kier molecular flexibility index (Phi) is 3.83. The van der Waals surface area contributed by atoms with E-state index in [1.165, 1.54) is 12.0 Å². The predicted octanol–water partition coefficient (Wildman–Crippen LogP) is 1.20. The third kappa shape index (κ3) is 2.56. The summed E-state index contributed by atoms with van der Waals surface area (Å²) in [5.74, 6) is -0.151. The maximum atomic E-state index is 12.6. The van der Waals surface area contributed by atoms with E-state index >= 15 is 0 Å². The lowest BCUT2D eigenvalue weighted by Crippen LogP contribution is -2.66. The zero-order valence-electron chi connectivity index (χ0n) is 12.4. The smallest absolute Gasteiger partial charge is 0.410 e. The highest BCUT2D eigenvalue weighted by Crippen LogP contribution is 2.29. The first-order valence-electron chi connectivity index (χ1n) is 7.31. The molecular formula is C16H18N2O4. The fourth-order valence-corrected chi connectivity index (χ4v) is 3.25. The van der Waals surface area contributed by atoms with Crippen LogP contribution in [0.1, 0.15) is 18.4 Å². The number of piperazine rings is 1. The molecule has 2 amide bonds. The summed E-state index contributed by atoms with van der Waals surface area (Å²) in [6, 6.07) is 8.68.